The average molecular weight is 354 g/mol. The maximum Gasteiger partial charge on any atom is 0.318 e. The van der Waals surface area contributed by atoms with Gasteiger partial charge in [0.15, 0.2) is 0 Å². The molecule has 0 bridgehead atoms. The first kappa shape index (κ1) is 18.4. The molecule has 0 unspecified atom stereocenters. The van der Waals surface area contributed by atoms with Gasteiger partial charge in [-0.15, -0.1) is 0 Å². The van der Waals surface area contributed by atoms with Crippen LogP contribution in [0.3, 0.4) is 0 Å². The minimum absolute atomic E-state index is 0.183. The Morgan fingerprint density at radius 2 is 1.79 bits per heavy atom. The summed E-state index contributed by atoms with van der Waals surface area (Å²) in [5.74, 6) is -0.453. The van der Waals surface area contributed by atoms with Crippen LogP contribution in [0.5, 0.6) is 0 Å². The zero-order valence-electron chi connectivity index (χ0n) is 13.4. The summed E-state index contributed by atoms with van der Waals surface area (Å²) in [7, 11) is -3.54. The Hall–Kier alpha value is -1.97. The summed E-state index contributed by atoms with van der Waals surface area (Å²) in [4.78, 5) is 24.7. The van der Waals surface area contributed by atoms with E-state index in [-0.39, 0.29) is 10.9 Å². The molecule has 0 aliphatic carbocycles. The summed E-state index contributed by atoms with van der Waals surface area (Å²) in [5.41, 5.74) is 4.94. The molecular formula is C15H22N4O4S. The number of nitrogens with one attached hydrogen (secondary N) is 2. The van der Waals surface area contributed by atoms with Crippen molar-refractivity contribution in [1.29, 1.82) is 0 Å². The van der Waals surface area contributed by atoms with Gasteiger partial charge in [0.05, 0.1) is 10.9 Å². The first-order chi connectivity index (χ1) is 11.3. The molecule has 8 nitrogen and oxygen atoms in total. The first-order valence-electron chi connectivity index (χ1n) is 7.71. The lowest BCUT2D eigenvalue weighted by molar-refractivity contribution is -0.125. The summed E-state index contributed by atoms with van der Waals surface area (Å²) in [6.45, 7) is 2.79. The average Bonchev–Trinajstić information content (AvgIpc) is 2.55. The van der Waals surface area contributed by atoms with Gasteiger partial charge in [0.1, 0.15) is 0 Å². The zero-order chi connectivity index (χ0) is 17.7. The molecule has 132 valence electrons. The van der Waals surface area contributed by atoms with E-state index in [2.05, 4.69) is 10.0 Å². The molecule has 0 saturated carbocycles. The summed E-state index contributed by atoms with van der Waals surface area (Å²) in [6, 6.07) is 6.66. The highest BCUT2D eigenvalue weighted by atomic mass is 32.2. The Labute approximate surface area is 141 Å². The monoisotopic (exact) mass is 354 g/mol. The van der Waals surface area contributed by atoms with Crippen molar-refractivity contribution in [1.82, 2.24) is 14.9 Å². The fraction of sp³-hybridized carbons (Fsp3) is 0.467. The van der Waals surface area contributed by atoms with E-state index in [9.17, 15) is 18.0 Å². The van der Waals surface area contributed by atoms with Crippen molar-refractivity contribution >= 4 is 22.0 Å². The largest absolute Gasteiger partial charge is 0.351 e. The molecule has 1 atom stereocenters. The molecule has 1 aliphatic heterocycles. The lowest BCUT2D eigenvalue weighted by atomic mass is 10.0. The van der Waals surface area contributed by atoms with Crippen LogP contribution in [0, 0.1) is 0 Å². The van der Waals surface area contributed by atoms with Gasteiger partial charge < -0.3 is 5.73 Å². The molecule has 24 heavy (non-hydrogen) atoms. The Bertz CT molecular complexity index is 685. The van der Waals surface area contributed by atoms with E-state index in [0.717, 1.165) is 0 Å². The highest BCUT2D eigenvalue weighted by Crippen LogP contribution is 2.16. The van der Waals surface area contributed by atoms with Crippen LogP contribution in [0.2, 0.25) is 0 Å². The van der Waals surface area contributed by atoms with Crippen molar-refractivity contribution in [2.75, 3.05) is 13.1 Å². The molecule has 1 fully saturated rings. The fourth-order valence-corrected chi connectivity index (χ4v) is 4.01. The third kappa shape index (κ3) is 4.76. The molecular weight excluding hydrogens is 332 g/mol. The second kappa shape index (κ2) is 7.73. The van der Waals surface area contributed by atoms with Crippen molar-refractivity contribution in [2.45, 2.75) is 36.7 Å². The van der Waals surface area contributed by atoms with Gasteiger partial charge in [-0.05, 0) is 31.9 Å². The number of primary amides is 1. The maximum absolute atomic E-state index is 12.3. The minimum Gasteiger partial charge on any atom is -0.351 e. The van der Waals surface area contributed by atoms with Crippen molar-refractivity contribution in [3.8, 4) is 0 Å². The number of carbonyl (C=O) groups is 2. The van der Waals surface area contributed by atoms with E-state index < -0.39 is 28.0 Å². The number of urea groups is 1. The molecule has 0 aromatic heterocycles. The maximum atomic E-state index is 12.3. The van der Waals surface area contributed by atoms with Gasteiger partial charge in [-0.1, -0.05) is 18.2 Å². The third-order valence-corrected chi connectivity index (χ3v) is 5.61. The van der Waals surface area contributed by atoms with Gasteiger partial charge in [-0.2, -0.15) is 0 Å². The van der Waals surface area contributed by atoms with Crippen LogP contribution in [-0.2, 0) is 14.8 Å². The van der Waals surface area contributed by atoms with Crippen LogP contribution in [-0.4, -0.2) is 50.4 Å². The Balaban J connectivity index is 1.89. The minimum atomic E-state index is -3.54. The number of rotatable bonds is 5. The van der Waals surface area contributed by atoms with E-state index in [1.54, 1.807) is 37.3 Å². The molecule has 4 N–H and O–H groups in total. The van der Waals surface area contributed by atoms with E-state index in [4.69, 9.17) is 5.73 Å². The number of sulfonamides is 1. The molecule has 1 heterocycles. The van der Waals surface area contributed by atoms with E-state index >= 15 is 0 Å². The second-order valence-corrected chi connectivity index (χ2v) is 7.49. The molecule has 1 aromatic carbocycles. The fourth-order valence-electron chi connectivity index (χ4n) is 2.68. The first-order valence-corrected chi connectivity index (χ1v) is 9.19. The van der Waals surface area contributed by atoms with E-state index in [1.807, 2.05) is 4.90 Å². The molecule has 0 radical (unpaired) electrons. The quantitative estimate of drug-likeness (QED) is 0.688. The number of nitrogens with zero attached hydrogens (tertiary/aromatic N) is 1. The number of nitrogens with two attached hydrogens (primary N) is 1. The SMILES string of the molecule is C[C@H](C(=O)NC(N)=O)N1CCC(NS(=O)(=O)c2ccccc2)CC1. The molecule has 0 spiro atoms. The van der Waals surface area contributed by atoms with Crippen LogP contribution in [0.4, 0.5) is 4.79 Å². The second-order valence-electron chi connectivity index (χ2n) is 5.77. The van der Waals surface area contributed by atoms with Crippen molar-refractivity contribution < 1.29 is 18.0 Å². The number of carbonyl (C=O) groups excluding carboxylic acids is 2. The molecule has 2 rings (SSSR count). The highest BCUT2D eigenvalue weighted by molar-refractivity contribution is 7.89. The van der Waals surface area contributed by atoms with Crippen LogP contribution in [0.15, 0.2) is 35.2 Å². The van der Waals surface area contributed by atoms with E-state index in [0.29, 0.717) is 25.9 Å². The predicted octanol–water partition coefficient (Wildman–Crippen LogP) is 0.0127. The summed E-state index contributed by atoms with van der Waals surface area (Å²) >= 11 is 0. The van der Waals surface area contributed by atoms with Crippen molar-refractivity contribution in [3.05, 3.63) is 30.3 Å². The van der Waals surface area contributed by atoms with E-state index in [1.165, 1.54) is 0 Å². The van der Waals surface area contributed by atoms with Crippen LogP contribution in [0.1, 0.15) is 19.8 Å². The van der Waals surface area contributed by atoms with Crippen LogP contribution >= 0.6 is 0 Å². The predicted molar refractivity (Wildman–Crippen MR) is 88.5 cm³/mol. The number of hydrogen-bond acceptors (Lipinski definition) is 5. The summed E-state index contributed by atoms with van der Waals surface area (Å²) in [5, 5.41) is 2.06. The third-order valence-electron chi connectivity index (χ3n) is 4.08. The normalized spacial score (nSPS) is 18.0. The lowest BCUT2D eigenvalue weighted by Gasteiger charge is -2.35. The summed E-state index contributed by atoms with van der Waals surface area (Å²) in [6.07, 6.45) is 1.17. The van der Waals surface area contributed by atoms with Gasteiger partial charge in [-0.25, -0.2) is 17.9 Å². The number of benzene rings is 1. The highest BCUT2D eigenvalue weighted by Gasteiger charge is 2.29. The van der Waals surface area contributed by atoms with Crippen molar-refractivity contribution in [3.63, 3.8) is 0 Å². The van der Waals surface area contributed by atoms with Gasteiger partial charge in [-0.3, -0.25) is 15.0 Å². The Kier molecular flexibility index (Phi) is 5.92. The standard InChI is InChI=1S/C15H22N4O4S/c1-11(14(20)17-15(16)21)19-9-7-12(8-10-19)18-24(22,23)13-5-3-2-4-6-13/h2-6,11-12,18H,7-10H2,1H3,(H3,16,17,20,21)/t11-/m1/s1. The molecule has 1 aromatic rings. The van der Waals surface area contributed by atoms with Gasteiger partial charge >= 0.3 is 6.03 Å². The number of hydrogen-bond donors (Lipinski definition) is 3. The lowest BCUT2D eigenvalue weighted by Crippen LogP contribution is -2.53. The van der Waals surface area contributed by atoms with Gasteiger partial charge in [0.25, 0.3) is 0 Å². The van der Waals surface area contributed by atoms with Crippen LogP contribution < -0.4 is 15.8 Å². The summed E-state index contributed by atoms with van der Waals surface area (Å²) < 4.78 is 27.3. The van der Waals surface area contributed by atoms with Crippen LogP contribution in [0.25, 0.3) is 0 Å². The molecule has 3 amide bonds. The topological polar surface area (TPSA) is 122 Å². The molecule has 1 aliphatic rings. The van der Waals surface area contributed by atoms with Crippen molar-refractivity contribution in [2.24, 2.45) is 5.73 Å². The van der Waals surface area contributed by atoms with Gasteiger partial charge in [0.2, 0.25) is 15.9 Å². The number of likely N-dealkylation sites (tertiary alicyclic amines) is 1. The smallest absolute Gasteiger partial charge is 0.318 e. The van der Waals surface area contributed by atoms with Gasteiger partial charge in [0, 0.05) is 19.1 Å². The number of imide groups is 1. The Morgan fingerprint density at radius 3 is 2.33 bits per heavy atom. The number of piperidine rings is 1. The Morgan fingerprint density at radius 1 is 1.21 bits per heavy atom. The molecule has 9 heteroatoms. The zero-order valence-corrected chi connectivity index (χ0v) is 14.3. The molecule has 1 saturated heterocycles. The number of amides is 3.